The Kier molecular flexibility index (Phi) is 6.04. The van der Waals surface area contributed by atoms with E-state index in [4.69, 9.17) is 28.6 Å². The zero-order valence-electron chi connectivity index (χ0n) is 12.7. The molecule has 0 atom stereocenters. The average molecular weight is 335 g/mol. The molecule has 0 aromatic heterocycles. The molecule has 22 heavy (non-hydrogen) atoms. The van der Waals surface area contributed by atoms with Crippen molar-refractivity contribution in [1.29, 1.82) is 0 Å². The van der Waals surface area contributed by atoms with Gasteiger partial charge in [-0.1, -0.05) is 41.4 Å². The Bertz CT molecular complexity index is 631. The summed E-state index contributed by atoms with van der Waals surface area (Å²) in [4.78, 5) is 1.94. The number of halogens is 1. The van der Waals surface area contributed by atoms with Gasteiger partial charge >= 0.3 is 0 Å². The highest BCUT2D eigenvalue weighted by atomic mass is 35.5. The second kappa shape index (κ2) is 8.01. The molecule has 0 saturated carbocycles. The number of thiocarbonyl (C=S) groups is 1. The van der Waals surface area contributed by atoms with Crippen LogP contribution in [0.5, 0.6) is 5.75 Å². The Balaban J connectivity index is 1.79. The summed E-state index contributed by atoms with van der Waals surface area (Å²) in [5.41, 5.74) is 2.20. The highest BCUT2D eigenvalue weighted by Gasteiger charge is 2.06. The molecule has 0 radical (unpaired) electrons. The van der Waals surface area contributed by atoms with Crippen molar-refractivity contribution >= 4 is 34.6 Å². The van der Waals surface area contributed by atoms with Gasteiger partial charge in [0.05, 0.1) is 11.6 Å². The van der Waals surface area contributed by atoms with Gasteiger partial charge in [-0.2, -0.15) is 0 Å². The molecule has 0 aliphatic carbocycles. The van der Waals surface area contributed by atoms with Crippen molar-refractivity contribution in [2.45, 2.75) is 6.92 Å². The third-order valence-electron chi connectivity index (χ3n) is 3.17. The fourth-order valence-corrected chi connectivity index (χ4v) is 2.21. The Hall–Kier alpha value is -1.78. The first kappa shape index (κ1) is 16.6. The summed E-state index contributed by atoms with van der Waals surface area (Å²) in [6.07, 6.45) is 0. The summed E-state index contributed by atoms with van der Waals surface area (Å²) in [6, 6.07) is 15.5. The second-order valence-corrected chi connectivity index (χ2v) is 5.79. The molecule has 1 N–H and O–H groups in total. The maximum absolute atomic E-state index is 6.05. The van der Waals surface area contributed by atoms with Crippen molar-refractivity contribution in [2.24, 2.45) is 0 Å². The van der Waals surface area contributed by atoms with Gasteiger partial charge in [0.25, 0.3) is 0 Å². The van der Waals surface area contributed by atoms with E-state index in [1.54, 1.807) is 0 Å². The van der Waals surface area contributed by atoms with E-state index >= 15 is 0 Å². The maximum atomic E-state index is 6.05. The molecule has 0 unspecified atom stereocenters. The number of aryl methyl sites for hydroxylation is 1. The molecular weight excluding hydrogens is 316 g/mol. The maximum Gasteiger partial charge on any atom is 0.173 e. The van der Waals surface area contributed by atoms with Gasteiger partial charge < -0.3 is 15.0 Å². The van der Waals surface area contributed by atoms with Gasteiger partial charge in [-0.15, -0.1) is 0 Å². The van der Waals surface area contributed by atoms with Gasteiger partial charge in [0.1, 0.15) is 12.4 Å². The molecule has 2 aromatic carbocycles. The molecule has 5 heteroatoms. The van der Waals surface area contributed by atoms with Gasteiger partial charge in [0, 0.05) is 12.7 Å². The van der Waals surface area contributed by atoms with Crippen LogP contribution in [0.2, 0.25) is 5.02 Å². The Morgan fingerprint density at radius 3 is 2.55 bits per heavy atom. The van der Waals surface area contributed by atoms with Crippen LogP contribution in [0.15, 0.2) is 48.5 Å². The van der Waals surface area contributed by atoms with Crippen molar-refractivity contribution in [3.05, 3.63) is 59.1 Å². The topological polar surface area (TPSA) is 24.5 Å². The monoisotopic (exact) mass is 334 g/mol. The van der Waals surface area contributed by atoms with Gasteiger partial charge in [-0.05, 0) is 43.4 Å². The molecule has 0 fully saturated rings. The molecule has 2 aromatic rings. The van der Waals surface area contributed by atoms with E-state index in [0.29, 0.717) is 29.0 Å². The summed E-state index contributed by atoms with van der Waals surface area (Å²) in [5, 5.41) is 4.48. The molecule has 2 rings (SSSR count). The van der Waals surface area contributed by atoms with Crippen LogP contribution in [0, 0.1) is 6.92 Å². The normalized spacial score (nSPS) is 10.1. The smallest absolute Gasteiger partial charge is 0.173 e. The van der Waals surface area contributed by atoms with E-state index in [1.165, 1.54) is 5.56 Å². The minimum Gasteiger partial charge on any atom is -0.490 e. The minimum absolute atomic E-state index is 0.510. The standard InChI is InChI=1S/C17H19ClN2OS/c1-13-7-9-14(10-8-13)19-17(22)20(2)11-12-21-16-6-4-3-5-15(16)18/h3-10H,11-12H2,1-2H3,(H,19,22). The number of para-hydroxylation sites is 1. The van der Waals surface area contributed by atoms with Crippen LogP contribution < -0.4 is 10.1 Å². The fourth-order valence-electron chi connectivity index (χ4n) is 1.81. The summed E-state index contributed by atoms with van der Waals surface area (Å²) in [7, 11) is 1.93. The van der Waals surface area contributed by atoms with E-state index in [-0.39, 0.29) is 0 Å². The lowest BCUT2D eigenvalue weighted by Crippen LogP contribution is -2.34. The van der Waals surface area contributed by atoms with Crippen LogP contribution in [0.1, 0.15) is 5.56 Å². The molecule has 0 amide bonds. The number of hydrogen-bond acceptors (Lipinski definition) is 2. The van der Waals surface area contributed by atoms with Gasteiger partial charge in [0.2, 0.25) is 0 Å². The van der Waals surface area contributed by atoms with E-state index in [0.717, 1.165) is 5.69 Å². The number of hydrogen-bond donors (Lipinski definition) is 1. The number of nitrogens with zero attached hydrogens (tertiary/aromatic N) is 1. The lowest BCUT2D eigenvalue weighted by Gasteiger charge is -2.21. The Labute approximate surface area is 141 Å². The molecule has 0 aliphatic heterocycles. The zero-order chi connectivity index (χ0) is 15.9. The van der Waals surface area contributed by atoms with Gasteiger partial charge in [0.15, 0.2) is 5.11 Å². The lowest BCUT2D eigenvalue weighted by molar-refractivity contribution is 0.285. The molecule has 0 bridgehead atoms. The minimum atomic E-state index is 0.510. The number of rotatable bonds is 5. The van der Waals surface area contributed by atoms with Crippen molar-refractivity contribution < 1.29 is 4.74 Å². The average Bonchev–Trinajstić information content (AvgIpc) is 2.51. The van der Waals surface area contributed by atoms with Crippen molar-refractivity contribution in [2.75, 3.05) is 25.5 Å². The van der Waals surface area contributed by atoms with Gasteiger partial charge in [-0.3, -0.25) is 0 Å². The van der Waals surface area contributed by atoms with Crippen molar-refractivity contribution in [1.82, 2.24) is 4.90 Å². The molecule has 0 aliphatic rings. The molecular formula is C17H19ClN2OS. The predicted molar refractivity (Wildman–Crippen MR) is 97.0 cm³/mol. The Morgan fingerprint density at radius 2 is 1.86 bits per heavy atom. The van der Waals surface area contributed by atoms with Crippen LogP contribution in [0.3, 0.4) is 0 Å². The third kappa shape index (κ3) is 4.90. The van der Waals surface area contributed by atoms with E-state index in [2.05, 4.69) is 12.2 Å². The quantitative estimate of drug-likeness (QED) is 0.821. The van der Waals surface area contributed by atoms with E-state index in [9.17, 15) is 0 Å². The fraction of sp³-hybridized carbons (Fsp3) is 0.235. The highest BCUT2D eigenvalue weighted by Crippen LogP contribution is 2.22. The third-order valence-corrected chi connectivity index (χ3v) is 3.90. The number of ether oxygens (including phenoxy) is 1. The molecule has 116 valence electrons. The van der Waals surface area contributed by atoms with Crippen LogP contribution in [0.25, 0.3) is 0 Å². The highest BCUT2D eigenvalue weighted by molar-refractivity contribution is 7.80. The largest absolute Gasteiger partial charge is 0.490 e. The number of benzene rings is 2. The summed E-state index contributed by atoms with van der Waals surface area (Å²) < 4.78 is 5.66. The molecule has 0 saturated heterocycles. The summed E-state index contributed by atoms with van der Waals surface area (Å²) in [6.45, 7) is 3.24. The van der Waals surface area contributed by atoms with Crippen LogP contribution >= 0.6 is 23.8 Å². The lowest BCUT2D eigenvalue weighted by atomic mass is 10.2. The SMILES string of the molecule is Cc1ccc(NC(=S)N(C)CCOc2ccccc2Cl)cc1. The zero-order valence-corrected chi connectivity index (χ0v) is 14.2. The van der Waals surface area contributed by atoms with Crippen LogP contribution in [-0.2, 0) is 0 Å². The molecule has 0 heterocycles. The Morgan fingerprint density at radius 1 is 1.18 bits per heavy atom. The van der Waals surface area contributed by atoms with Crippen molar-refractivity contribution in [3.63, 3.8) is 0 Å². The summed E-state index contributed by atoms with van der Waals surface area (Å²) >= 11 is 11.4. The number of nitrogens with one attached hydrogen (secondary N) is 1. The van der Waals surface area contributed by atoms with E-state index < -0.39 is 0 Å². The molecule has 0 spiro atoms. The van der Waals surface area contributed by atoms with Crippen LogP contribution in [-0.4, -0.2) is 30.2 Å². The molecule has 3 nitrogen and oxygen atoms in total. The first-order valence-electron chi connectivity index (χ1n) is 7.02. The first-order chi connectivity index (χ1) is 10.6. The van der Waals surface area contributed by atoms with Crippen molar-refractivity contribution in [3.8, 4) is 5.75 Å². The number of likely N-dealkylation sites (N-methyl/N-ethyl adjacent to an activating group) is 1. The van der Waals surface area contributed by atoms with Crippen LogP contribution in [0.4, 0.5) is 5.69 Å². The predicted octanol–water partition coefficient (Wildman–Crippen LogP) is 4.36. The number of anilines is 1. The van der Waals surface area contributed by atoms with E-state index in [1.807, 2.05) is 60.5 Å². The first-order valence-corrected chi connectivity index (χ1v) is 7.81. The second-order valence-electron chi connectivity index (χ2n) is 5.00. The van der Waals surface area contributed by atoms with Gasteiger partial charge in [-0.25, -0.2) is 0 Å². The summed E-state index contributed by atoms with van der Waals surface area (Å²) in [5.74, 6) is 0.690.